The van der Waals surface area contributed by atoms with E-state index in [2.05, 4.69) is 71.1 Å². The summed E-state index contributed by atoms with van der Waals surface area (Å²) >= 11 is 0. The van der Waals surface area contributed by atoms with Crippen LogP contribution in [0, 0.1) is 0 Å². The van der Waals surface area contributed by atoms with Crippen LogP contribution in [0.4, 0.5) is 11.4 Å². The molecule has 102 valence electrons. The molecule has 0 aromatic heterocycles. The second-order valence-electron chi connectivity index (χ2n) is 5.09. The molecule has 0 atom stereocenters. The summed E-state index contributed by atoms with van der Waals surface area (Å²) in [5.41, 5.74) is 7.20. The van der Waals surface area contributed by atoms with E-state index in [9.17, 15) is 0 Å². The number of allylic oxidation sites excluding steroid dienone is 2. The number of anilines is 2. The first-order valence-electron chi connectivity index (χ1n) is 7.29. The molecule has 0 bridgehead atoms. The molecule has 0 radical (unpaired) electrons. The Morgan fingerprint density at radius 3 is 2.15 bits per heavy atom. The molecule has 2 heteroatoms. The second kappa shape index (κ2) is 6.29. The van der Waals surface area contributed by atoms with Crippen LogP contribution in [0.3, 0.4) is 0 Å². The van der Waals surface area contributed by atoms with Gasteiger partial charge in [0.15, 0.2) is 0 Å². The van der Waals surface area contributed by atoms with Gasteiger partial charge in [-0.3, -0.25) is 10.4 Å². The zero-order valence-electron chi connectivity index (χ0n) is 11.6. The predicted octanol–water partition coefficient (Wildman–Crippen LogP) is 4.98. The van der Waals surface area contributed by atoms with E-state index in [1.807, 2.05) is 6.07 Å². The van der Waals surface area contributed by atoms with E-state index in [0.29, 0.717) is 0 Å². The van der Waals surface area contributed by atoms with E-state index in [0.717, 1.165) is 12.1 Å². The van der Waals surface area contributed by atoms with Crippen LogP contribution < -0.4 is 10.4 Å². The molecule has 0 spiro atoms. The molecule has 3 rings (SSSR count). The number of hydrazine groups is 1. The number of para-hydroxylation sites is 2. The number of hydrogen-bond acceptors (Lipinski definition) is 2. The van der Waals surface area contributed by atoms with Crippen molar-refractivity contribution in [3.8, 4) is 0 Å². The highest BCUT2D eigenvalue weighted by atomic mass is 15.5. The summed E-state index contributed by atoms with van der Waals surface area (Å²) in [6.07, 6.45) is 7.24. The van der Waals surface area contributed by atoms with E-state index in [4.69, 9.17) is 0 Å². The van der Waals surface area contributed by atoms with Gasteiger partial charge in [-0.05, 0) is 49.9 Å². The molecule has 0 heterocycles. The van der Waals surface area contributed by atoms with E-state index in [-0.39, 0.29) is 0 Å². The maximum absolute atomic E-state index is 3.53. The van der Waals surface area contributed by atoms with Crippen LogP contribution in [0.2, 0.25) is 0 Å². The third kappa shape index (κ3) is 3.02. The van der Waals surface area contributed by atoms with Gasteiger partial charge in [-0.25, -0.2) is 0 Å². The molecule has 2 aromatic rings. The highest BCUT2D eigenvalue weighted by Gasteiger charge is 2.14. The van der Waals surface area contributed by atoms with Gasteiger partial charge < -0.3 is 0 Å². The van der Waals surface area contributed by atoms with Crippen molar-refractivity contribution in [1.29, 1.82) is 0 Å². The van der Waals surface area contributed by atoms with E-state index in [1.54, 1.807) is 0 Å². The van der Waals surface area contributed by atoms with Crippen molar-refractivity contribution in [2.24, 2.45) is 0 Å². The molecule has 0 saturated carbocycles. The monoisotopic (exact) mass is 264 g/mol. The third-order valence-corrected chi connectivity index (χ3v) is 3.58. The van der Waals surface area contributed by atoms with Gasteiger partial charge in [0, 0.05) is 5.70 Å². The summed E-state index contributed by atoms with van der Waals surface area (Å²) in [6.45, 7) is 0. The Morgan fingerprint density at radius 1 is 0.800 bits per heavy atom. The average Bonchev–Trinajstić information content (AvgIpc) is 2.55. The second-order valence-corrected chi connectivity index (χ2v) is 5.09. The molecule has 1 aliphatic rings. The van der Waals surface area contributed by atoms with E-state index < -0.39 is 0 Å². The number of rotatable bonds is 4. The van der Waals surface area contributed by atoms with Crippen LogP contribution in [0.1, 0.15) is 25.7 Å². The molecule has 2 aromatic carbocycles. The number of nitrogens with one attached hydrogen (secondary N) is 1. The molecule has 0 saturated heterocycles. The van der Waals surface area contributed by atoms with Crippen molar-refractivity contribution < 1.29 is 0 Å². The van der Waals surface area contributed by atoms with Gasteiger partial charge in [0.2, 0.25) is 0 Å². The lowest BCUT2D eigenvalue weighted by atomic mass is 10.0. The lowest BCUT2D eigenvalue weighted by molar-refractivity contribution is 0.684. The van der Waals surface area contributed by atoms with Gasteiger partial charge in [-0.2, -0.15) is 0 Å². The highest BCUT2D eigenvalue weighted by molar-refractivity contribution is 5.59. The SMILES string of the molecule is C1=C(N(Nc2ccccc2)c2ccccc2)CCCC1. The number of benzene rings is 2. The Labute approximate surface area is 120 Å². The lowest BCUT2D eigenvalue weighted by Gasteiger charge is -2.30. The van der Waals surface area contributed by atoms with Gasteiger partial charge >= 0.3 is 0 Å². The van der Waals surface area contributed by atoms with E-state index >= 15 is 0 Å². The van der Waals surface area contributed by atoms with Crippen molar-refractivity contribution in [3.63, 3.8) is 0 Å². The minimum Gasteiger partial charge on any atom is -0.294 e. The quantitative estimate of drug-likeness (QED) is 0.784. The molecule has 20 heavy (non-hydrogen) atoms. The van der Waals surface area contributed by atoms with Crippen LogP contribution in [0.25, 0.3) is 0 Å². The van der Waals surface area contributed by atoms with Gasteiger partial charge in [-0.15, -0.1) is 0 Å². The molecule has 0 fully saturated rings. The molecular formula is C18H20N2. The molecule has 1 N–H and O–H groups in total. The normalized spacial score (nSPS) is 14.5. The number of nitrogens with zero attached hydrogens (tertiary/aromatic N) is 1. The fourth-order valence-corrected chi connectivity index (χ4v) is 2.55. The summed E-state index contributed by atoms with van der Waals surface area (Å²) in [4.78, 5) is 0. The van der Waals surface area contributed by atoms with Crippen molar-refractivity contribution >= 4 is 11.4 Å². The van der Waals surface area contributed by atoms with Gasteiger partial charge in [-0.1, -0.05) is 42.5 Å². The average molecular weight is 264 g/mol. The van der Waals surface area contributed by atoms with Crippen molar-refractivity contribution in [3.05, 3.63) is 72.4 Å². The first-order chi connectivity index (χ1) is 9.93. The number of hydrogen-bond donors (Lipinski definition) is 1. The minimum absolute atomic E-state index is 1.11. The summed E-state index contributed by atoms with van der Waals surface area (Å²) in [7, 11) is 0. The Kier molecular flexibility index (Phi) is 4.02. The fourth-order valence-electron chi connectivity index (χ4n) is 2.55. The smallest absolute Gasteiger partial charge is 0.0626 e. The van der Waals surface area contributed by atoms with Crippen molar-refractivity contribution in [1.82, 2.24) is 0 Å². The fraction of sp³-hybridized carbons (Fsp3) is 0.222. The lowest BCUT2D eigenvalue weighted by Crippen LogP contribution is -2.29. The summed E-state index contributed by atoms with van der Waals surface area (Å²) in [6, 6.07) is 20.9. The maximum Gasteiger partial charge on any atom is 0.0626 e. The van der Waals surface area contributed by atoms with Crippen LogP contribution in [0.15, 0.2) is 72.4 Å². The maximum atomic E-state index is 3.53. The van der Waals surface area contributed by atoms with Crippen LogP contribution >= 0.6 is 0 Å². The highest BCUT2D eigenvalue weighted by Crippen LogP contribution is 2.27. The van der Waals surface area contributed by atoms with E-state index in [1.165, 1.54) is 30.6 Å². The Hall–Kier alpha value is -2.22. The van der Waals surface area contributed by atoms with Crippen LogP contribution in [-0.4, -0.2) is 0 Å². The zero-order chi connectivity index (χ0) is 13.6. The Balaban J connectivity index is 1.89. The molecule has 0 amide bonds. The molecule has 0 unspecified atom stereocenters. The minimum atomic E-state index is 1.11. The molecular weight excluding hydrogens is 244 g/mol. The van der Waals surface area contributed by atoms with Gasteiger partial charge in [0.1, 0.15) is 0 Å². The first-order valence-corrected chi connectivity index (χ1v) is 7.29. The molecule has 1 aliphatic carbocycles. The van der Waals surface area contributed by atoms with Crippen molar-refractivity contribution in [2.45, 2.75) is 25.7 Å². The van der Waals surface area contributed by atoms with Crippen molar-refractivity contribution in [2.75, 3.05) is 10.4 Å². The van der Waals surface area contributed by atoms with Crippen LogP contribution in [0.5, 0.6) is 0 Å². The Bertz CT molecular complexity index is 560. The first kappa shape index (κ1) is 12.8. The largest absolute Gasteiger partial charge is 0.294 e. The third-order valence-electron chi connectivity index (χ3n) is 3.58. The standard InChI is InChI=1S/C18H20N2/c1-4-10-16(11-5-1)19-20(17-12-6-2-7-13-17)18-14-8-3-9-15-18/h1-2,4-7,10-14,19H,3,8-9,15H2. The summed E-state index contributed by atoms with van der Waals surface area (Å²) < 4.78 is 0. The Morgan fingerprint density at radius 2 is 1.50 bits per heavy atom. The molecule has 0 aliphatic heterocycles. The predicted molar refractivity (Wildman–Crippen MR) is 85.5 cm³/mol. The zero-order valence-corrected chi connectivity index (χ0v) is 11.6. The van der Waals surface area contributed by atoms with Crippen LogP contribution in [-0.2, 0) is 0 Å². The topological polar surface area (TPSA) is 15.3 Å². The molecule has 2 nitrogen and oxygen atoms in total. The van der Waals surface area contributed by atoms with Gasteiger partial charge in [0.05, 0.1) is 11.4 Å². The summed E-state index contributed by atoms with van der Waals surface area (Å²) in [5, 5.41) is 2.22. The van der Waals surface area contributed by atoms with Gasteiger partial charge in [0.25, 0.3) is 0 Å². The summed E-state index contributed by atoms with van der Waals surface area (Å²) in [5.74, 6) is 0.